The van der Waals surface area contributed by atoms with Crippen molar-refractivity contribution in [3.8, 4) is 11.5 Å². The van der Waals surface area contributed by atoms with E-state index in [0.717, 1.165) is 6.20 Å². The van der Waals surface area contributed by atoms with Gasteiger partial charge in [0.1, 0.15) is 6.04 Å². The van der Waals surface area contributed by atoms with Crippen LogP contribution < -0.4 is 5.32 Å². The molecule has 0 saturated heterocycles. The van der Waals surface area contributed by atoms with E-state index in [9.17, 15) is 29.5 Å². The maximum Gasteiger partial charge on any atom is 0.469 e. The Balaban J connectivity index is 0.00000450. The van der Waals surface area contributed by atoms with Crippen LogP contribution in [0.15, 0.2) is 46.7 Å². The third-order valence-corrected chi connectivity index (χ3v) is 4.39. The molecule has 1 aliphatic heterocycles. The summed E-state index contributed by atoms with van der Waals surface area (Å²) in [6, 6.07) is 2.65. The number of carbonyl (C=O) groups is 2. The molecule has 0 aromatic heterocycles. The van der Waals surface area contributed by atoms with E-state index < -0.39 is 38.0 Å². The molecule has 0 amide bonds. The summed E-state index contributed by atoms with van der Waals surface area (Å²) < 4.78 is 15.3. The zero-order valence-electron chi connectivity index (χ0n) is 15.9. The number of hydrogen-bond donors (Lipinski definition) is 6. The SMILES string of the molecule is CC1=NC=C(COP(=O)(O)O)C(=CNC(Cc2ccc(O)c(O)c2)C(=O)O)C1=O.[Cu].[OH-]. The van der Waals surface area contributed by atoms with Crippen molar-refractivity contribution in [1.29, 1.82) is 0 Å². The molecule has 1 aromatic rings. The minimum atomic E-state index is -4.79. The molecule has 7 N–H and O–H groups in total. The number of carbonyl (C=O) groups excluding carboxylic acids is 1. The van der Waals surface area contributed by atoms with Crippen molar-refractivity contribution in [2.24, 2.45) is 4.99 Å². The van der Waals surface area contributed by atoms with Crippen LogP contribution in [0.1, 0.15) is 12.5 Å². The number of Topliss-reactive ketones (excluding diaryl/α,β-unsaturated/α-hetero) is 1. The van der Waals surface area contributed by atoms with Crippen molar-refractivity contribution in [3.05, 3.63) is 47.3 Å². The van der Waals surface area contributed by atoms with E-state index in [4.69, 9.17) is 9.79 Å². The number of ketones is 1. The summed E-state index contributed by atoms with van der Waals surface area (Å²) in [6.45, 7) is 0.824. The summed E-state index contributed by atoms with van der Waals surface area (Å²) in [4.78, 5) is 45.4. The van der Waals surface area contributed by atoms with Gasteiger partial charge in [-0.25, -0.2) is 9.36 Å². The van der Waals surface area contributed by atoms with E-state index in [-0.39, 0.29) is 51.6 Å². The van der Waals surface area contributed by atoms with Gasteiger partial charge in [-0.2, -0.15) is 0 Å². The molecule has 1 unspecified atom stereocenters. The molecule has 0 saturated carbocycles. The second kappa shape index (κ2) is 11.8. The smallest absolute Gasteiger partial charge is 0.469 e. The molecule has 0 spiro atoms. The summed E-state index contributed by atoms with van der Waals surface area (Å²) in [6.07, 6.45) is 2.23. The number of phenolic OH excluding ortho intramolecular Hbond substituents is 2. The fraction of sp³-hybridized carbons (Fsp3) is 0.235. The number of nitrogens with zero attached hydrogens (tertiary/aromatic N) is 1. The Bertz CT molecular complexity index is 970. The average Bonchev–Trinajstić information content (AvgIpc) is 2.62. The topological polar surface area (TPSA) is 216 Å². The molecule has 1 atom stereocenters. The molecule has 14 heteroatoms. The van der Waals surface area contributed by atoms with Gasteiger partial charge in [-0.15, -0.1) is 0 Å². The molecule has 0 fully saturated rings. The van der Waals surface area contributed by atoms with E-state index >= 15 is 0 Å². The predicted molar refractivity (Wildman–Crippen MR) is 102 cm³/mol. The first kappa shape index (κ1) is 28.5. The molecule has 1 aromatic carbocycles. The third kappa shape index (κ3) is 8.27. The largest absolute Gasteiger partial charge is 0.870 e. The fourth-order valence-corrected chi connectivity index (χ4v) is 2.71. The summed E-state index contributed by atoms with van der Waals surface area (Å²) in [5.74, 6) is -2.56. The first-order valence-electron chi connectivity index (χ1n) is 8.16. The number of phosphoric ester groups is 1. The molecular formula is C17H20CuN2O10P-. The standard InChI is InChI=1S/C17H19N2O9P.Cu.H2O/c1-9-16(22)12(11(6-18-9)8-28-29(25,26)27)7-19-13(17(23)24)4-10-2-3-14(20)15(21)5-10;;/h2-3,5-7,13,19-21H,4,8H2,1H3,(H,23,24)(H2,25,26,27);;1H2/p-1. The van der Waals surface area contributed by atoms with Gasteiger partial charge in [0.2, 0.25) is 5.78 Å². The number of aliphatic carboxylic acids is 1. The van der Waals surface area contributed by atoms with Gasteiger partial charge in [0.15, 0.2) is 11.5 Å². The Morgan fingerprint density at radius 2 is 1.94 bits per heavy atom. The number of hydrogen-bond acceptors (Lipinski definition) is 9. The minimum Gasteiger partial charge on any atom is -0.870 e. The molecule has 0 aliphatic carbocycles. The molecule has 2 rings (SSSR count). The number of aliphatic imine (C=N–C) groups is 1. The van der Waals surface area contributed by atoms with Gasteiger partial charge in [-0.05, 0) is 24.6 Å². The summed E-state index contributed by atoms with van der Waals surface area (Å²) in [5.41, 5.74) is 0.522. The summed E-state index contributed by atoms with van der Waals surface area (Å²) in [5, 5.41) is 30.9. The van der Waals surface area contributed by atoms with Crippen molar-refractivity contribution in [1.82, 2.24) is 5.32 Å². The van der Waals surface area contributed by atoms with Gasteiger partial charge in [0, 0.05) is 47.0 Å². The van der Waals surface area contributed by atoms with E-state index in [2.05, 4.69) is 14.8 Å². The van der Waals surface area contributed by atoms with Gasteiger partial charge in [0.25, 0.3) is 0 Å². The van der Waals surface area contributed by atoms with Crippen LogP contribution in [0.5, 0.6) is 11.5 Å². The van der Waals surface area contributed by atoms with Gasteiger partial charge in [-0.3, -0.25) is 14.3 Å². The Morgan fingerprint density at radius 1 is 1.29 bits per heavy atom. The number of carboxylic acid groups (broad SMARTS) is 1. The Morgan fingerprint density at radius 3 is 2.48 bits per heavy atom. The second-order valence-electron chi connectivity index (χ2n) is 6.10. The van der Waals surface area contributed by atoms with Gasteiger partial charge in [0.05, 0.1) is 12.3 Å². The van der Waals surface area contributed by atoms with E-state index in [0.29, 0.717) is 5.56 Å². The maximum absolute atomic E-state index is 12.3. The van der Waals surface area contributed by atoms with Crippen molar-refractivity contribution in [2.75, 3.05) is 6.61 Å². The molecule has 1 heterocycles. The first-order valence-corrected chi connectivity index (χ1v) is 9.69. The second-order valence-corrected chi connectivity index (χ2v) is 7.34. The van der Waals surface area contributed by atoms with Crippen LogP contribution >= 0.6 is 7.82 Å². The van der Waals surface area contributed by atoms with Crippen molar-refractivity contribution >= 4 is 25.3 Å². The normalized spacial score (nSPS) is 15.8. The summed E-state index contributed by atoms with van der Waals surface area (Å²) >= 11 is 0. The molecule has 1 aliphatic rings. The van der Waals surface area contributed by atoms with Gasteiger partial charge in [-0.1, -0.05) is 6.07 Å². The van der Waals surface area contributed by atoms with Gasteiger partial charge >= 0.3 is 13.8 Å². The monoisotopic (exact) mass is 506 g/mol. The third-order valence-electron chi connectivity index (χ3n) is 3.93. The van der Waals surface area contributed by atoms with Crippen LogP contribution in [0.4, 0.5) is 0 Å². The summed E-state index contributed by atoms with van der Waals surface area (Å²) in [7, 11) is -4.79. The average molecular weight is 507 g/mol. The van der Waals surface area contributed by atoms with Crippen LogP contribution in [-0.2, 0) is 42.2 Å². The van der Waals surface area contributed by atoms with Crippen molar-refractivity contribution in [3.63, 3.8) is 0 Å². The number of carboxylic acids is 1. The van der Waals surface area contributed by atoms with Crippen LogP contribution in [0.25, 0.3) is 0 Å². The fourth-order valence-electron chi connectivity index (χ4n) is 2.40. The first-order chi connectivity index (χ1) is 13.5. The van der Waals surface area contributed by atoms with Crippen molar-refractivity contribution in [2.45, 2.75) is 19.4 Å². The molecular weight excluding hydrogens is 487 g/mol. The van der Waals surface area contributed by atoms with Crippen LogP contribution in [-0.4, -0.2) is 60.7 Å². The van der Waals surface area contributed by atoms with Crippen LogP contribution in [0.2, 0.25) is 0 Å². The Hall–Kier alpha value is -2.50. The Labute approximate surface area is 187 Å². The number of aromatic hydroxyl groups is 2. The Kier molecular flexibility index (Phi) is 10.8. The molecule has 0 bridgehead atoms. The number of benzene rings is 1. The van der Waals surface area contributed by atoms with Crippen LogP contribution in [0, 0.1) is 0 Å². The van der Waals surface area contributed by atoms with E-state index in [1.54, 1.807) is 0 Å². The predicted octanol–water partition coefficient (Wildman–Crippen LogP) is 0.424. The zero-order chi connectivity index (χ0) is 21.8. The zero-order valence-corrected chi connectivity index (χ0v) is 17.7. The number of nitrogens with one attached hydrogen (secondary N) is 1. The number of phenols is 2. The molecule has 31 heavy (non-hydrogen) atoms. The molecule has 1 radical (unpaired) electrons. The van der Waals surface area contributed by atoms with Crippen LogP contribution in [0.3, 0.4) is 0 Å². The molecule has 175 valence electrons. The van der Waals surface area contributed by atoms with E-state index in [1.165, 1.54) is 31.3 Å². The number of phosphoric acid groups is 1. The quantitative estimate of drug-likeness (QED) is 0.123. The number of rotatable bonds is 8. The van der Waals surface area contributed by atoms with Crippen molar-refractivity contribution < 1.29 is 66.3 Å². The minimum absolute atomic E-state index is 0. The molecule has 12 nitrogen and oxygen atoms in total. The maximum atomic E-state index is 12.3. The van der Waals surface area contributed by atoms with E-state index in [1.807, 2.05) is 0 Å². The van der Waals surface area contributed by atoms with Gasteiger partial charge < -0.3 is 35.9 Å².